The van der Waals surface area contributed by atoms with Crippen LogP contribution in [0.4, 0.5) is 0 Å². The lowest BCUT2D eigenvalue weighted by Crippen LogP contribution is -2.43. The number of carbonyl (C=O) groups is 1. The largest absolute Gasteiger partial charge is 0.342 e. The van der Waals surface area contributed by atoms with Crippen LogP contribution in [-0.2, 0) is 11.2 Å². The molecule has 2 nitrogen and oxygen atoms in total. The maximum Gasteiger partial charge on any atom is 0.226 e. The molecule has 1 aromatic rings. The van der Waals surface area contributed by atoms with Crippen molar-refractivity contribution in [2.45, 2.75) is 24.6 Å². The van der Waals surface area contributed by atoms with Gasteiger partial charge in [0.2, 0.25) is 5.91 Å². The average Bonchev–Trinajstić information content (AvgIpc) is 2.35. The van der Waals surface area contributed by atoms with Gasteiger partial charge in [-0.3, -0.25) is 4.79 Å². The average molecular weight is 375 g/mol. The van der Waals surface area contributed by atoms with Crippen LogP contribution in [0, 0.1) is 5.92 Å². The molecule has 4 heteroatoms. The van der Waals surface area contributed by atoms with Crippen LogP contribution in [0.25, 0.3) is 0 Å². The number of carbonyl (C=O) groups excluding carboxylic acids is 1. The Morgan fingerprint density at radius 2 is 2.06 bits per heavy atom. The summed E-state index contributed by atoms with van der Waals surface area (Å²) in [5.41, 5.74) is 1.08. The van der Waals surface area contributed by atoms with Gasteiger partial charge in [-0.1, -0.05) is 50.9 Å². The first-order valence-electron chi connectivity index (χ1n) is 6.22. The molecule has 1 aliphatic rings. The number of hydrogen-bond donors (Lipinski definition) is 0. The molecule has 2 rings (SSSR count). The number of piperidine rings is 1. The first kappa shape index (κ1) is 14.1. The van der Waals surface area contributed by atoms with E-state index in [1.54, 1.807) is 0 Å². The van der Waals surface area contributed by atoms with Gasteiger partial charge in [-0.2, -0.15) is 0 Å². The normalized spacial score (nSPS) is 24.1. The monoisotopic (exact) mass is 373 g/mol. The third kappa shape index (κ3) is 3.58. The molecule has 0 N–H and O–H groups in total. The lowest BCUT2D eigenvalue weighted by atomic mass is 9.99. The fourth-order valence-electron chi connectivity index (χ4n) is 2.23. The molecule has 1 amide bonds. The predicted molar refractivity (Wildman–Crippen MR) is 80.9 cm³/mol. The van der Waals surface area contributed by atoms with E-state index in [9.17, 15) is 4.79 Å². The molecule has 2 atom stereocenters. The minimum atomic E-state index is 0.239. The zero-order valence-electron chi connectivity index (χ0n) is 10.4. The number of alkyl halides is 1. The van der Waals surface area contributed by atoms with Crippen molar-refractivity contribution in [1.82, 2.24) is 4.90 Å². The molecule has 2 unspecified atom stereocenters. The summed E-state index contributed by atoms with van der Waals surface area (Å²) in [5, 5.41) is 0. The summed E-state index contributed by atoms with van der Waals surface area (Å²) in [6.07, 6.45) is 1.56. The van der Waals surface area contributed by atoms with Gasteiger partial charge in [-0.15, -0.1) is 0 Å². The van der Waals surface area contributed by atoms with Crippen molar-refractivity contribution in [1.29, 1.82) is 0 Å². The van der Waals surface area contributed by atoms with Gasteiger partial charge >= 0.3 is 0 Å². The minimum absolute atomic E-state index is 0.239. The molecular formula is C14H17Br2NO. The molecule has 0 radical (unpaired) electrons. The molecule has 0 saturated carbocycles. The third-order valence-electron chi connectivity index (χ3n) is 3.42. The van der Waals surface area contributed by atoms with Gasteiger partial charge in [0, 0.05) is 22.4 Å². The molecule has 1 fully saturated rings. The fourth-order valence-corrected chi connectivity index (χ4v) is 2.87. The van der Waals surface area contributed by atoms with E-state index in [1.165, 1.54) is 0 Å². The molecular weight excluding hydrogens is 358 g/mol. The van der Waals surface area contributed by atoms with Crippen molar-refractivity contribution in [2.24, 2.45) is 5.92 Å². The van der Waals surface area contributed by atoms with Crippen molar-refractivity contribution in [2.75, 3.05) is 13.1 Å². The summed E-state index contributed by atoms with van der Waals surface area (Å²) < 4.78 is 1.05. The first-order valence-corrected chi connectivity index (χ1v) is 7.93. The number of rotatable bonds is 2. The highest BCUT2D eigenvalue weighted by Crippen LogP contribution is 2.23. The number of amides is 1. The van der Waals surface area contributed by atoms with Gasteiger partial charge < -0.3 is 4.90 Å². The summed E-state index contributed by atoms with van der Waals surface area (Å²) in [4.78, 5) is 14.7. The molecule has 0 aliphatic carbocycles. The molecule has 0 bridgehead atoms. The Morgan fingerprint density at radius 1 is 1.39 bits per heavy atom. The van der Waals surface area contributed by atoms with Crippen LogP contribution in [-0.4, -0.2) is 28.7 Å². The van der Waals surface area contributed by atoms with Crippen LogP contribution < -0.4 is 0 Å². The van der Waals surface area contributed by atoms with Gasteiger partial charge in [-0.25, -0.2) is 0 Å². The number of hydrogen-bond acceptors (Lipinski definition) is 1. The number of likely N-dealkylation sites (tertiary alicyclic amines) is 1. The first-order chi connectivity index (χ1) is 8.56. The van der Waals surface area contributed by atoms with Gasteiger partial charge in [0.1, 0.15) is 0 Å². The summed E-state index contributed by atoms with van der Waals surface area (Å²) >= 11 is 7.06. The Kier molecular flexibility index (Phi) is 4.84. The van der Waals surface area contributed by atoms with Crippen molar-refractivity contribution in [3.05, 3.63) is 34.3 Å². The smallest absolute Gasteiger partial charge is 0.226 e. The maximum absolute atomic E-state index is 12.2. The zero-order chi connectivity index (χ0) is 13.1. The molecule has 1 aromatic carbocycles. The Morgan fingerprint density at radius 3 is 2.67 bits per heavy atom. The lowest BCUT2D eigenvalue weighted by molar-refractivity contribution is -0.132. The van der Waals surface area contributed by atoms with E-state index in [0.717, 1.165) is 29.5 Å². The highest BCUT2D eigenvalue weighted by atomic mass is 79.9. The van der Waals surface area contributed by atoms with Gasteiger partial charge in [0.05, 0.1) is 6.42 Å². The Balaban J connectivity index is 1.94. The van der Waals surface area contributed by atoms with Crippen LogP contribution in [0.15, 0.2) is 28.7 Å². The van der Waals surface area contributed by atoms with E-state index in [4.69, 9.17) is 0 Å². The van der Waals surface area contributed by atoms with E-state index in [1.807, 2.05) is 29.2 Å². The Labute approximate surface area is 125 Å². The quantitative estimate of drug-likeness (QED) is 0.724. The number of nitrogens with zero attached hydrogens (tertiary/aromatic N) is 1. The molecule has 0 aromatic heterocycles. The number of halogens is 2. The second kappa shape index (κ2) is 6.20. The van der Waals surface area contributed by atoms with Crippen LogP contribution >= 0.6 is 31.9 Å². The SMILES string of the molecule is CC1CN(C(=O)Cc2ccc(Br)cc2)CCC1Br. The van der Waals surface area contributed by atoms with Crippen molar-refractivity contribution in [3.8, 4) is 0 Å². The second-order valence-electron chi connectivity index (χ2n) is 4.92. The van der Waals surface area contributed by atoms with E-state index < -0.39 is 0 Å². The number of benzene rings is 1. The highest BCUT2D eigenvalue weighted by Gasteiger charge is 2.26. The lowest BCUT2D eigenvalue weighted by Gasteiger charge is -2.34. The zero-order valence-corrected chi connectivity index (χ0v) is 13.6. The van der Waals surface area contributed by atoms with Gasteiger partial charge in [0.25, 0.3) is 0 Å². The molecule has 0 spiro atoms. The fraction of sp³-hybridized carbons (Fsp3) is 0.500. The summed E-state index contributed by atoms with van der Waals surface area (Å²) in [6.45, 7) is 3.93. The van der Waals surface area contributed by atoms with Crippen molar-refractivity contribution >= 4 is 37.8 Å². The van der Waals surface area contributed by atoms with Crippen LogP contribution in [0.3, 0.4) is 0 Å². The molecule has 1 aliphatic heterocycles. The van der Waals surface area contributed by atoms with Crippen molar-refractivity contribution < 1.29 is 4.79 Å². The standard InChI is InChI=1S/C14H17Br2NO/c1-10-9-17(7-6-13(10)16)14(18)8-11-2-4-12(15)5-3-11/h2-5,10,13H,6-9H2,1H3. The summed E-state index contributed by atoms with van der Waals surface area (Å²) in [6, 6.07) is 7.97. The van der Waals surface area contributed by atoms with Gasteiger partial charge in [0.15, 0.2) is 0 Å². The molecule has 18 heavy (non-hydrogen) atoms. The Bertz CT molecular complexity index is 418. The van der Waals surface area contributed by atoms with E-state index in [0.29, 0.717) is 17.2 Å². The second-order valence-corrected chi connectivity index (χ2v) is 7.02. The predicted octanol–water partition coefficient (Wildman–Crippen LogP) is 3.62. The van der Waals surface area contributed by atoms with Crippen LogP contribution in [0.1, 0.15) is 18.9 Å². The third-order valence-corrected chi connectivity index (χ3v) is 5.31. The minimum Gasteiger partial charge on any atom is -0.342 e. The molecule has 98 valence electrons. The van der Waals surface area contributed by atoms with E-state index in [2.05, 4.69) is 38.8 Å². The van der Waals surface area contributed by atoms with Crippen LogP contribution in [0.2, 0.25) is 0 Å². The van der Waals surface area contributed by atoms with Crippen molar-refractivity contribution in [3.63, 3.8) is 0 Å². The topological polar surface area (TPSA) is 20.3 Å². The van der Waals surface area contributed by atoms with E-state index in [-0.39, 0.29) is 5.91 Å². The summed E-state index contributed by atoms with van der Waals surface area (Å²) in [7, 11) is 0. The van der Waals surface area contributed by atoms with Gasteiger partial charge in [-0.05, 0) is 30.0 Å². The van der Waals surface area contributed by atoms with Crippen LogP contribution in [0.5, 0.6) is 0 Å². The Hall–Kier alpha value is -0.350. The maximum atomic E-state index is 12.2. The molecule has 1 saturated heterocycles. The molecule has 1 heterocycles. The summed E-state index contributed by atoms with van der Waals surface area (Å²) in [5.74, 6) is 0.774. The highest BCUT2D eigenvalue weighted by molar-refractivity contribution is 9.10. The van der Waals surface area contributed by atoms with E-state index >= 15 is 0 Å².